The van der Waals surface area contributed by atoms with Gasteiger partial charge in [-0.2, -0.15) is 0 Å². The van der Waals surface area contributed by atoms with E-state index in [1.807, 2.05) is 6.92 Å². The van der Waals surface area contributed by atoms with E-state index in [0.717, 1.165) is 6.42 Å². The zero-order valence-corrected chi connectivity index (χ0v) is 8.18. The lowest BCUT2D eigenvalue weighted by atomic mass is 10.1. The lowest BCUT2D eigenvalue weighted by molar-refractivity contribution is 0.166. The molecule has 1 N–H and O–H groups in total. The van der Waals surface area contributed by atoms with Crippen molar-refractivity contribution in [2.45, 2.75) is 25.9 Å². The van der Waals surface area contributed by atoms with Gasteiger partial charge in [0, 0.05) is 0 Å². The standard InChI is InChI=1S/C10H12ClFO/c1-2-3-10(13)7-4-5-8(11)9(12)6-7/h4-6,10,13H,2-3H2,1H3/t10-/m0/s1. The summed E-state index contributed by atoms with van der Waals surface area (Å²) in [5, 5.41) is 9.62. The molecule has 0 aliphatic carbocycles. The summed E-state index contributed by atoms with van der Waals surface area (Å²) in [6, 6.07) is 4.39. The molecule has 0 aliphatic rings. The Hall–Kier alpha value is -0.600. The Bertz CT molecular complexity index is 288. The van der Waals surface area contributed by atoms with E-state index in [1.54, 1.807) is 6.07 Å². The van der Waals surface area contributed by atoms with Crippen molar-refractivity contribution >= 4 is 11.6 Å². The topological polar surface area (TPSA) is 20.2 Å². The predicted molar refractivity (Wildman–Crippen MR) is 51.3 cm³/mol. The van der Waals surface area contributed by atoms with Gasteiger partial charge >= 0.3 is 0 Å². The third-order valence-electron chi connectivity index (χ3n) is 1.89. The Morgan fingerprint density at radius 2 is 2.23 bits per heavy atom. The summed E-state index contributed by atoms with van der Waals surface area (Å²) < 4.78 is 12.9. The van der Waals surface area contributed by atoms with Crippen LogP contribution in [0.5, 0.6) is 0 Å². The summed E-state index contributed by atoms with van der Waals surface area (Å²) in [7, 11) is 0. The van der Waals surface area contributed by atoms with Crippen molar-refractivity contribution in [1.29, 1.82) is 0 Å². The van der Waals surface area contributed by atoms with E-state index in [-0.39, 0.29) is 5.02 Å². The second-order valence-electron chi connectivity index (χ2n) is 2.98. The summed E-state index contributed by atoms with van der Waals surface area (Å²) in [6.07, 6.45) is 0.920. The van der Waals surface area contributed by atoms with Crippen LogP contribution in [0.3, 0.4) is 0 Å². The number of halogens is 2. The van der Waals surface area contributed by atoms with Gasteiger partial charge < -0.3 is 5.11 Å². The highest BCUT2D eigenvalue weighted by atomic mass is 35.5. The summed E-state index contributed by atoms with van der Waals surface area (Å²) >= 11 is 5.51. The lowest BCUT2D eigenvalue weighted by Crippen LogP contribution is -1.97. The van der Waals surface area contributed by atoms with Crippen molar-refractivity contribution in [2.24, 2.45) is 0 Å². The third-order valence-corrected chi connectivity index (χ3v) is 2.20. The third kappa shape index (κ3) is 2.68. The number of aliphatic hydroxyl groups is 1. The Balaban J connectivity index is 2.84. The van der Waals surface area contributed by atoms with Crippen LogP contribution in [-0.4, -0.2) is 5.11 Å². The predicted octanol–water partition coefficient (Wildman–Crippen LogP) is 3.31. The highest BCUT2D eigenvalue weighted by Crippen LogP contribution is 2.22. The van der Waals surface area contributed by atoms with Gasteiger partial charge in [0.15, 0.2) is 0 Å². The molecule has 3 heteroatoms. The van der Waals surface area contributed by atoms with Crippen LogP contribution in [0.1, 0.15) is 31.4 Å². The minimum Gasteiger partial charge on any atom is -0.388 e. The normalized spacial score (nSPS) is 12.9. The van der Waals surface area contributed by atoms with Crippen LogP contribution in [0.15, 0.2) is 18.2 Å². The zero-order chi connectivity index (χ0) is 9.84. The van der Waals surface area contributed by atoms with Crippen LogP contribution in [0.25, 0.3) is 0 Å². The number of hydrogen-bond donors (Lipinski definition) is 1. The van der Waals surface area contributed by atoms with Gasteiger partial charge in [-0.3, -0.25) is 0 Å². The van der Waals surface area contributed by atoms with Crippen LogP contribution in [-0.2, 0) is 0 Å². The zero-order valence-electron chi connectivity index (χ0n) is 7.43. The second kappa shape index (κ2) is 4.58. The fourth-order valence-corrected chi connectivity index (χ4v) is 1.28. The van der Waals surface area contributed by atoms with Gasteiger partial charge in [0.2, 0.25) is 0 Å². The summed E-state index contributed by atoms with van der Waals surface area (Å²) in [4.78, 5) is 0. The van der Waals surface area contributed by atoms with Crippen LogP contribution in [0.4, 0.5) is 4.39 Å². The molecule has 0 unspecified atom stereocenters. The molecular formula is C10H12ClFO. The fraction of sp³-hybridized carbons (Fsp3) is 0.400. The molecule has 0 saturated carbocycles. The maximum absolute atomic E-state index is 12.9. The SMILES string of the molecule is CCC[C@H](O)c1ccc(Cl)c(F)c1. The van der Waals surface area contributed by atoms with Gasteiger partial charge in [0.25, 0.3) is 0 Å². The Labute approximate surface area is 82.2 Å². The van der Waals surface area contributed by atoms with Crippen molar-refractivity contribution in [2.75, 3.05) is 0 Å². The number of aliphatic hydroxyl groups excluding tert-OH is 1. The minimum atomic E-state index is -0.586. The second-order valence-corrected chi connectivity index (χ2v) is 3.39. The number of rotatable bonds is 3. The van der Waals surface area contributed by atoms with E-state index < -0.39 is 11.9 Å². The Morgan fingerprint density at radius 3 is 2.77 bits per heavy atom. The van der Waals surface area contributed by atoms with E-state index in [2.05, 4.69) is 0 Å². The van der Waals surface area contributed by atoms with E-state index in [1.165, 1.54) is 12.1 Å². The van der Waals surface area contributed by atoms with Gasteiger partial charge in [-0.1, -0.05) is 31.0 Å². The molecule has 72 valence electrons. The molecule has 1 aromatic rings. The summed E-state index contributed by atoms with van der Waals surface area (Å²) in [5.41, 5.74) is 0.587. The van der Waals surface area contributed by atoms with E-state index >= 15 is 0 Å². The van der Waals surface area contributed by atoms with Crippen molar-refractivity contribution in [1.82, 2.24) is 0 Å². The molecule has 0 radical (unpaired) electrons. The lowest BCUT2D eigenvalue weighted by Gasteiger charge is -2.09. The molecule has 13 heavy (non-hydrogen) atoms. The summed E-state index contributed by atoms with van der Waals surface area (Å²) in [6.45, 7) is 1.97. The first kappa shape index (κ1) is 10.5. The number of hydrogen-bond acceptors (Lipinski definition) is 1. The maximum atomic E-state index is 12.9. The highest BCUT2D eigenvalue weighted by Gasteiger charge is 2.08. The molecule has 0 amide bonds. The largest absolute Gasteiger partial charge is 0.388 e. The molecule has 1 rings (SSSR count). The van der Waals surface area contributed by atoms with Gasteiger partial charge in [-0.25, -0.2) is 4.39 Å². The molecule has 0 spiro atoms. The molecule has 1 nitrogen and oxygen atoms in total. The molecule has 0 saturated heterocycles. The molecular weight excluding hydrogens is 191 g/mol. The average Bonchev–Trinajstić information content (AvgIpc) is 2.10. The van der Waals surface area contributed by atoms with E-state index in [4.69, 9.17) is 11.6 Å². The van der Waals surface area contributed by atoms with Gasteiger partial charge in [-0.05, 0) is 24.1 Å². The first-order valence-corrected chi connectivity index (χ1v) is 4.66. The minimum absolute atomic E-state index is 0.0902. The quantitative estimate of drug-likeness (QED) is 0.798. The summed E-state index contributed by atoms with van der Waals surface area (Å²) in [5.74, 6) is -0.477. The van der Waals surface area contributed by atoms with Crippen LogP contribution in [0.2, 0.25) is 5.02 Å². The molecule has 0 aromatic heterocycles. The van der Waals surface area contributed by atoms with Crippen LogP contribution < -0.4 is 0 Å². The average molecular weight is 203 g/mol. The van der Waals surface area contributed by atoms with Crippen LogP contribution >= 0.6 is 11.6 Å². The van der Waals surface area contributed by atoms with Crippen LogP contribution in [0, 0.1) is 5.82 Å². The monoisotopic (exact) mass is 202 g/mol. The smallest absolute Gasteiger partial charge is 0.142 e. The molecule has 0 heterocycles. The van der Waals surface area contributed by atoms with Crippen molar-refractivity contribution in [3.8, 4) is 0 Å². The molecule has 1 atom stereocenters. The molecule has 0 fully saturated rings. The Morgan fingerprint density at radius 1 is 1.54 bits per heavy atom. The van der Waals surface area contributed by atoms with Gasteiger partial charge in [0.1, 0.15) is 5.82 Å². The van der Waals surface area contributed by atoms with Gasteiger partial charge in [-0.15, -0.1) is 0 Å². The van der Waals surface area contributed by atoms with E-state index in [0.29, 0.717) is 12.0 Å². The molecule has 0 bridgehead atoms. The first-order chi connectivity index (χ1) is 6.15. The molecule has 0 aliphatic heterocycles. The molecule has 1 aromatic carbocycles. The van der Waals surface area contributed by atoms with Crippen molar-refractivity contribution in [3.63, 3.8) is 0 Å². The fourth-order valence-electron chi connectivity index (χ4n) is 1.16. The van der Waals surface area contributed by atoms with Gasteiger partial charge in [0.05, 0.1) is 11.1 Å². The highest BCUT2D eigenvalue weighted by molar-refractivity contribution is 6.30. The maximum Gasteiger partial charge on any atom is 0.142 e. The van der Waals surface area contributed by atoms with E-state index in [9.17, 15) is 9.50 Å². The Kier molecular flexibility index (Phi) is 3.70. The first-order valence-electron chi connectivity index (χ1n) is 4.28. The number of benzene rings is 1. The van der Waals surface area contributed by atoms with Crippen molar-refractivity contribution in [3.05, 3.63) is 34.6 Å². The van der Waals surface area contributed by atoms with Crippen molar-refractivity contribution < 1.29 is 9.50 Å².